The lowest BCUT2D eigenvalue weighted by molar-refractivity contribution is -0.140. The highest BCUT2D eigenvalue weighted by Gasteiger charge is 2.33. The number of benzene rings is 2. The number of esters is 1. The zero-order valence-electron chi connectivity index (χ0n) is 15.4. The van der Waals surface area contributed by atoms with Gasteiger partial charge in [0.05, 0.1) is 26.2 Å². The second-order valence-electron chi connectivity index (χ2n) is 6.62. The second-order valence-corrected chi connectivity index (χ2v) is 6.62. The van der Waals surface area contributed by atoms with Crippen LogP contribution in [0.25, 0.3) is 10.9 Å². The standard InChI is InChI=1S/C21H17NO6/c1-24-12-3-4-16-11(5-12)6-15-13(8-20(23)25-2)14-7-18-19(27-10-26-18)9-17(14)28-21(15)22-16/h3-7,9,13H,8,10H2,1-2H3/t13-/m1/s1. The molecule has 3 aromatic rings. The van der Waals surface area contributed by atoms with Crippen LogP contribution in [0.3, 0.4) is 0 Å². The number of pyridine rings is 1. The molecule has 0 bridgehead atoms. The first-order valence-electron chi connectivity index (χ1n) is 8.83. The molecule has 0 saturated carbocycles. The lowest BCUT2D eigenvalue weighted by Gasteiger charge is -2.27. The van der Waals surface area contributed by atoms with Crippen LogP contribution >= 0.6 is 0 Å². The molecule has 2 aliphatic heterocycles. The Labute approximate surface area is 160 Å². The molecular weight excluding hydrogens is 362 g/mol. The van der Waals surface area contributed by atoms with Crippen molar-refractivity contribution in [3.05, 3.63) is 47.5 Å². The van der Waals surface area contributed by atoms with Crippen molar-refractivity contribution in [1.82, 2.24) is 4.98 Å². The molecule has 7 heteroatoms. The van der Waals surface area contributed by atoms with Crippen molar-refractivity contribution < 1.29 is 28.5 Å². The summed E-state index contributed by atoms with van der Waals surface area (Å²) in [5.41, 5.74) is 2.43. The fraction of sp³-hybridized carbons (Fsp3) is 0.238. The van der Waals surface area contributed by atoms with Crippen molar-refractivity contribution in [2.24, 2.45) is 0 Å². The van der Waals surface area contributed by atoms with E-state index in [-0.39, 0.29) is 25.1 Å². The first-order valence-corrected chi connectivity index (χ1v) is 8.83. The number of rotatable bonds is 3. The lowest BCUT2D eigenvalue weighted by Crippen LogP contribution is -2.16. The molecule has 0 amide bonds. The Morgan fingerprint density at radius 2 is 1.89 bits per heavy atom. The Balaban J connectivity index is 1.69. The fourth-order valence-electron chi connectivity index (χ4n) is 3.65. The molecule has 0 spiro atoms. The quantitative estimate of drug-likeness (QED) is 0.641. The van der Waals surface area contributed by atoms with Gasteiger partial charge in [0, 0.05) is 28.5 Å². The van der Waals surface area contributed by atoms with Gasteiger partial charge >= 0.3 is 5.97 Å². The zero-order valence-corrected chi connectivity index (χ0v) is 15.4. The summed E-state index contributed by atoms with van der Waals surface area (Å²) < 4.78 is 27.3. The SMILES string of the molecule is COC(=O)C[C@@H]1c2cc3c(cc2Oc2nc4ccc(OC)cc4cc21)OCO3. The lowest BCUT2D eigenvalue weighted by atomic mass is 9.86. The van der Waals surface area contributed by atoms with Gasteiger partial charge in [-0.25, -0.2) is 4.98 Å². The highest BCUT2D eigenvalue weighted by atomic mass is 16.7. The number of hydrogen-bond acceptors (Lipinski definition) is 7. The summed E-state index contributed by atoms with van der Waals surface area (Å²) in [6.45, 7) is 0.161. The number of hydrogen-bond donors (Lipinski definition) is 0. The smallest absolute Gasteiger partial charge is 0.306 e. The number of carbonyl (C=O) groups is 1. The number of carbonyl (C=O) groups excluding carboxylic acids is 1. The molecule has 0 unspecified atom stereocenters. The van der Waals surface area contributed by atoms with E-state index in [2.05, 4.69) is 4.98 Å². The van der Waals surface area contributed by atoms with Gasteiger partial charge in [-0.1, -0.05) is 0 Å². The van der Waals surface area contributed by atoms with Crippen molar-refractivity contribution in [3.63, 3.8) is 0 Å². The largest absolute Gasteiger partial charge is 0.497 e. The molecule has 7 nitrogen and oxygen atoms in total. The number of aromatic nitrogens is 1. The van der Waals surface area contributed by atoms with Crippen LogP contribution in [0, 0.1) is 0 Å². The van der Waals surface area contributed by atoms with E-state index in [0.29, 0.717) is 23.1 Å². The molecule has 1 aromatic heterocycles. The molecule has 0 N–H and O–H groups in total. The minimum absolute atomic E-state index is 0.161. The van der Waals surface area contributed by atoms with Crippen LogP contribution in [0.2, 0.25) is 0 Å². The number of ether oxygens (including phenoxy) is 5. The number of fused-ring (bicyclic) bond motifs is 4. The molecule has 1 atom stereocenters. The maximum absolute atomic E-state index is 12.1. The maximum atomic E-state index is 12.1. The minimum atomic E-state index is -0.313. The monoisotopic (exact) mass is 379 g/mol. The van der Waals surface area contributed by atoms with E-state index in [9.17, 15) is 4.79 Å². The van der Waals surface area contributed by atoms with Crippen LogP contribution in [-0.4, -0.2) is 32.0 Å². The van der Waals surface area contributed by atoms with E-state index in [1.165, 1.54) is 7.11 Å². The van der Waals surface area contributed by atoms with Crippen LogP contribution in [0.4, 0.5) is 0 Å². The van der Waals surface area contributed by atoms with Crippen molar-refractivity contribution in [3.8, 4) is 28.9 Å². The van der Waals surface area contributed by atoms with E-state index in [4.69, 9.17) is 23.7 Å². The van der Waals surface area contributed by atoms with Crippen molar-refractivity contribution in [2.75, 3.05) is 21.0 Å². The molecule has 28 heavy (non-hydrogen) atoms. The van der Waals surface area contributed by atoms with Gasteiger partial charge in [-0.15, -0.1) is 0 Å². The molecule has 0 aliphatic carbocycles. The molecule has 3 heterocycles. The van der Waals surface area contributed by atoms with Gasteiger partial charge in [-0.05, 0) is 30.3 Å². The van der Waals surface area contributed by atoms with E-state index < -0.39 is 0 Å². The average Bonchev–Trinajstić information content (AvgIpc) is 3.17. The molecule has 0 radical (unpaired) electrons. The van der Waals surface area contributed by atoms with Gasteiger partial charge in [0.15, 0.2) is 11.5 Å². The predicted octanol–water partition coefficient (Wildman–Crippen LogP) is 3.77. The Hall–Kier alpha value is -3.48. The third kappa shape index (κ3) is 2.58. The summed E-state index contributed by atoms with van der Waals surface area (Å²) in [6, 6.07) is 11.3. The van der Waals surface area contributed by atoms with Gasteiger partial charge < -0.3 is 23.7 Å². The van der Waals surface area contributed by atoms with E-state index in [1.54, 1.807) is 13.2 Å². The highest BCUT2D eigenvalue weighted by molar-refractivity contribution is 5.83. The summed E-state index contributed by atoms with van der Waals surface area (Å²) in [7, 11) is 3.00. The fourth-order valence-corrected chi connectivity index (χ4v) is 3.65. The molecule has 2 aromatic carbocycles. The first-order chi connectivity index (χ1) is 13.7. The molecule has 5 rings (SSSR count). The normalized spacial score (nSPS) is 16.1. The molecular formula is C21H17NO6. The van der Waals surface area contributed by atoms with Gasteiger partial charge in [0.25, 0.3) is 0 Å². The number of methoxy groups -OCH3 is 2. The van der Waals surface area contributed by atoms with Gasteiger partial charge in [0.2, 0.25) is 12.7 Å². The Morgan fingerprint density at radius 1 is 1.07 bits per heavy atom. The van der Waals surface area contributed by atoms with Crippen LogP contribution < -0.4 is 18.9 Å². The first kappa shape index (κ1) is 16.7. The maximum Gasteiger partial charge on any atom is 0.306 e. The zero-order chi connectivity index (χ0) is 19.3. The molecule has 142 valence electrons. The van der Waals surface area contributed by atoms with Crippen LogP contribution in [0.5, 0.6) is 28.9 Å². The second kappa shape index (κ2) is 6.30. The van der Waals surface area contributed by atoms with E-state index in [1.807, 2.05) is 30.3 Å². The van der Waals surface area contributed by atoms with Crippen LogP contribution in [0.1, 0.15) is 23.5 Å². The molecule has 0 fully saturated rings. The van der Waals surface area contributed by atoms with Crippen molar-refractivity contribution in [2.45, 2.75) is 12.3 Å². The van der Waals surface area contributed by atoms with Crippen molar-refractivity contribution in [1.29, 1.82) is 0 Å². The molecule has 2 aliphatic rings. The van der Waals surface area contributed by atoms with Crippen LogP contribution in [-0.2, 0) is 9.53 Å². The van der Waals surface area contributed by atoms with E-state index >= 15 is 0 Å². The summed E-state index contributed by atoms with van der Waals surface area (Å²) in [5, 5.41) is 0.903. The van der Waals surface area contributed by atoms with Gasteiger partial charge in [-0.3, -0.25) is 4.79 Å². The van der Waals surface area contributed by atoms with Crippen LogP contribution in [0.15, 0.2) is 36.4 Å². The Kier molecular flexibility index (Phi) is 3.75. The molecule has 0 saturated heterocycles. The van der Waals surface area contributed by atoms with Gasteiger partial charge in [-0.2, -0.15) is 0 Å². The van der Waals surface area contributed by atoms with Gasteiger partial charge in [0.1, 0.15) is 11.5 Å². The number of nitrogens with zero attached hydrogens (tertiary/aromatic N) is 1. The summed E-state index contributed by atoms with van der Waals surface area (Å²) in [5.74, 6) is 2.47. The summed E-state index contributed by atoms with van der Waals surface area (Å²) in [6.07, 6.45) is 0.163. The Bertz CT molecular complexity index is 1110. The summed E-state index contributed by atoms with van der Waals surface area (Å²) in [4.78, 5) is 16.8. The summed E-state index contributed by atoms with van der Waals surface area (Å²) >= 11 is 0. The Morgan fingerprint density at radius 3 is 2.68 bits per heavy atom. The third-order valence-electron chi connectivity index (χ3n) is 5.08. The minimum Gasteiger partial charge on any atom is -0.497 e. The third-order valence-corrected chi connectivity index (χ3v) is 5.08. The highest BCUT2D eigenvalue weighted by Crippen LogP contribution is 2.50. The van der Waals surface area contributed by atoms with E-state index in [0.717, 1.165) is 27.8 Å². The predicted molar refractivity (Wildman–Crippen MR) is 99.4 cm³/mol. The van der Waals surface area contributed by atoms with Crippen molar-refractivity contribution >= 4 is 16.9 Å². The topological polar surface area (TPSA) is 76.1 Å². The average molecular weight is 379 g/mol.